The van der Waals surface area contributed by atoms with Crippen molar-refractivity contribution < 1.29 is 0 Å². The Morgan fingerprint density at radius 3 is 2.80 bits per heavy atom. The van der Waals surface area contributed by atoms with Crippen molar-refractivity contribution >= 4 is 22.3 Å². The fourth-order valence-electron chi connectivity index (χ4n) is 1.56. The Kier molecular flexibility index (Phi) is 2.07. The molecule has 0 radical (unpaired) electrons. The molecule has 3 N–H and O–H groups in total. The first-order valence-corrected chi connectivity index (χ1v) is 4.54. The van der Waals surface area contributed by atoms with Crippen LogP contribution in [0.5, 0.6) is 0 Å². The molecule has 0 amide bonds. The average Bonchev–Trinajstić information content (AvgIpc) is 2.19. The highest BCUT2D eigenvalue weighted by Crippen LogP contribution is 2.24. The zero-order valence-corrected chi connectivity index (χ0v) is 8.61. The lowest BCUT2D eigenvalue weighted by atomic mass is 10.1. The van der Waals surface area contributed by atoms with E-state index in [0.717, 1.165) is 5.69 Å². The first-order chi connectivity index (χ1) is 7.11. The Balaban J connectivity index is 2.97. The second-order valence-electron chi connectivity index (χ2n) is 3.52. The van der Waals surface area contributed by atoms with Gasteiger partial charge in [-0.1, -0.05) is 0 Å². The summed E-state index contributed by atoms with van der Waals surface area (Å²) in [4.78, 5) is 20.2. The van der Waals surface area contributed by atoms with Gasteiger partial charge in [0.1, 0.15) is 5.52 Å². The van der Waals surface area contributed by atoms with Gasteiger partial charge in [0.05, 0.1) is 23.1 Å². The lowest BCUT2D eigenvalue weighted by Gasteiger charge is -2.14. The van der Waals surface area contributed by atoms with Crippen LogP contribution in [-0.2, 0) is 0 Å². The lowest BCUT2D eigenvalue weighted by Crippen LogP contribution is -2.15. The smallest absolute Gasteiger partial charge is 0.260 e. The molecule has 0 saturated carbocycles. The van der Waals surface area contributed by atoms with Crippen LogP contribution in [0.2, 0.25) is 0 Å². The highest BCUT2D eigenvalue weighted by Gasteiger charge is 2.09. The van der Waals surface area contributed by atoms with Crippen LogP contribution in [0.4, 0.5) is 11.4 Å². The number of anilines is 2. The molecule has 5 nitrogen and oxygen atoms in total. The molecule has 0 fully saturated rings. The summed E-state index contributed by atoms with van der Waals surface area (Å²) in [6.45, 7) is 0. The molecule has 5 heteroatoms. The molecule has 1 aromatic heterocycles. The monoisotopic (exact) mass is 204 g/mol. The number of nitrogens with zero attached hydrogens (tertiary/aromatic N) is 2. The van der Waals surface area contributed by atoms with Gasteiger partial charge < -0.3 is 15.6 Å². The lowest BCUT2D eigenvalue weighted by molar-refractivity contribution is 1.12. The number of aromatic nitrogens is 2. The largest absolute Gasteiger partial charge is 0.397 e. The number of fused-ring (bicyclic) bond motifs is 1. The molecule has 78 valence electrons. The van der Waals surface area contributed by atoms with Gasteiger partial charge in [0, 0.05) is 14.1 Å². The summed E-state index contributed by atoms with van der Waals surface area (Å²) < 4.78 is 0. The molecule has 0 aliphatic heterocycles. The van der Waals surface area contributed by atoms with Crippen LogP contribution < -0.4 is 16.2 Å². The SMILES string of the molecule is CN(C)c1ccc(N)c2nc[nH]c(=O)c12. The standard InChI is InChI=1S/C10H12N4O/c1-14(2)7-4-3-6(11)9-8(7)10(15)13-5-12-9/h3-5H,11H2,1-2H3,(H,12,13,15). The summed E-state index contributed by atoms with van der Waals surface area (Å²) in [5.74, 6) is 0. The Hall–Kier alpha value is -2.04. The number of H-pyrrole nitrogens is 1. The molecule has 1 heterocycles. The predicted octanol–water partition coefficient (Wildman–Crippen LogP) is 0.571. The van der Waals surface area contributed by atoms with Gasteiger partial charge in [-0.15, -0.1) is 0 Å². The van der Waals surface area contributed by atoms with E-state index in [0.29, 0.717) is 16.6 Å². The van der Waals surface area contributed by atoms with Crippen molar-refractivity contribution in [3.05, 3.63) is 28.8 Å². The van der Waals surface area contributed by atoms with Gasteiger partial charge in [-0.2, -0.15) is 0 Å². The van der Waals surface area contributed by atoms with Crippen LogP contribution >= 0.6 is 0 Å². The van der Waals surface area contributed by atoms with E-state index in [1.54, 1.807) is 6.07 Å². The molecule has 0 aliphatic rings. The highest BCUT2D eigenvalue weighted by molar-refractivity contribution is 5.97. The predicted molar refractivity (Wildman–Crippen MR) is 61.1 cm³/mol. The summed E-state index contributed by atoms with van der Waals surface area (Å²) in [6.07, 6.45) is 1.36. The van der Waals surface area contributed by atoms with Crippen LogP contribution in [0.25, 0.3) is 10.9 Å². The van der Waals surface area contributed by atoms with E-state index in [2.05, 4.69) is 9.97 Å². The summed E-state index contributed by atoms with van der Waals surface area (Å²) in [5, 5.41) is 0.530. The highest BCUT2D eigenvalue weighted by atomic mass is 16.1. The third-order valence-electron chi connectivity index (χ3n) is 2.29. The van der Waals surface area contributed by atoms with Crippen molar-refractivity contribution in [2.75, 3.05) is 24.7 Å². The van der Waals surface area contributed by atoms with Crippen LogP contribution in [0.3, 0.4) is 0 Å². The van der Waals surface area contributed by atoms with Crippen LogP contribution in [0.1, 0.15) is 0 Å². The minimum atomic E-state index is -0.170. The average molecular weight is 204 g/mol. The van der Waals surface area contributed by atoms with Gasteiger partial charge in [-0.25, -0.2) is 4.98 Å². The first kappa shape index (κ1) is 9.51. The second-order valence-corrected chi connectivity index (χ2v) is 3.52. The van der Waals surface area contributed by atoms with Gasteiger partial charge in [0.25, 0.3) is 5.56 Å². The number of rotatable bonds is 1. The van der Waals surface area contributed by atoms with Crippen molar-refractivity contribution in [2.24, 2.45) is 0 Å². The number of hydrogen-bond donors (Lipinski definition) is 2. The first-order valence-electron chi connectivity index (χ1n) is 4.54. The number of nitrogens with two attached hydrogens (primary N) is 1. The van der Waals surface area contributed by atoms with Crippen molar-refractivity contribution in [3.8, 4) is 0 Å². The Morgan fingerprint density at radius 1 is 1.40 bits per heavy atom. The van der Waals surface area contributed by atoms with Crippen LogP contribution in [0, 0.1) is 0 Å². The fourth-order valence-corrected chi connectivity index (χ4v) is 1.56. The van der Waals surface area contributed by atoms with Gasteiger partial charge >= 0.3 is 0 Å². The Bertz CT molecular complexity index is 559. The quantitative estimate of drug-likeness (QED) is 0.666. The number of hydrogen-bond acceptors (Lipinski definition) is 4. The van der Waals surface area contributed by atoms with Crippen molar-refractivity contribution in [1.29, 1.82) is 0 Å². The normalized spacial score (nSPS) is 10.5. The third kappa shape index (κ3) is 1.41. The van der Waals surface area contributed by atoms with E-state index in [9.17, 15) is 4.79 Å². The summed E-state index contributed by atoms with van der Waals surface area (Å²) >= 11 is 0. The zero-order chi connectivity index (χ0) is 11.0. The molecule has 1 aromatic carbocycles. The summed E-state index contributed by atoms with van der Waals surface area (Å²) in [7, 11) is 3.74. The Morgan fingerprint density at radius 2 is 2.13 bits per heavy atom. The molecule has 2 rings (SSSR count). The maximum absolute atomic E-state index is 11.7. The van der Waals surface area contributed by atoms with E-state index < -0.39 is 0 Å². The molecular weight excluding hydrogens is 192 g/mol. The van der Waals surface area contributed by atoms with E-state index in [1.807, 2.05) is 25.1 Å². The van der Waals surface area contributed by atoms with Gasteiger partial charge in [-0.05, 0) is 12.1 Å². The second kappa shape index (κ2) is 3.27. The van der Waals surface area contributed by atoms with Crippen LogP contribution in [0.15, 0.2) is 23.3 Å². The zero-order valence-electron chi connectivity index (χ0n) is 8.61. The molecule has 0 spiro atoms. The molecule has 0 atom stereocenters. The molecule has 0 aliphatic carbocycles. The molecular formula is C10H12N4O. The van der Waals surface area contributed by atoms with Crippen LogP contribution in [-0.4, -0.2) is 24.1 Å². The maximum Gasteiger partial charge on any atom is 0.260 e. The molecule has 2 aromatic rings. The van der Waals surface area contributed by atoms with Gasteiger partial charge in [0.2, 0.25) is 0 Å². The fraction of sp³-hybridized carbons (Fsp3) is 0.200. The summed E-state index contributed by atoms with van der Waals surface area (Å²) in [5.41, 5.74) is 7.47. The van der Waals surface area contributed by atoms with Crippen molar-refractivity contribution in [2.45, 2.75) is 0 Å². The van der Waals surface area contributed by atoms with Crippen molar-refractivity contribution in [3.63, 3.8) is 0 Å². The number of aromatic amines is 1. The van der Waals surface area contributed by atoms with E-state index in [4.69, 9.17) is 5.73 Å². The molecule has 15 heavy (non-hydrogen) atoms. The third-order valence-corrected chi connectivity index (χ3v) is 2.29. The van der Waals surface area contributed by atoms with E-state index >= 15 is 0 Å². The molecule has 0 unspecified atom stereocenters. The van der Waals surface area contributed by atoms with Gasteiger partial charge in [0.15, 0.2) is 0 Å². The molecule has 0 saturated heterocycles. The van der Waals surface area contributed by atoms with E-state index in [1.165, 1.54) is 6.33 Å². The number of nitrogens with one attached hydrogen (secondary N) is 1. The molecule has 0 bridgehead atoms. The number of nitrogen functional groups attached to an aromatic ring is 1. The summed E-state index contributed by atoms with van der Waals surface area (Å²) in [6, 6.07) is 3.57. The minimum absolute atomic E-state index is 0.170. The maximum atomic E-state index is 11.7. The minimum Gasteiger partial charge on any atom is -0.397 e. The van der Waals surface area contributed by atoms with Crippen molar-refractivity contribution in [1.82, 2.24) is 9.97 Å². The van der Waals surface area contributed by atoms with Gasteiger partial charge in [-0.3, -0.25) is 4.79 Å². The number of benzene rings is 1. The van der Waals surface area contributed by atoms with E-state index in [-0.39, 0.29) is 5.56 Å². The Labute approximate surface area is 86.5 Å². The topological polar surface area (TPSA) is 75.0 Å².